The van der Waals surface area contributed by atoms with Gasteiger partial charge in [0.25, 0.3) is 0 Å². The second-order valence-corrected chi connectivity index (χ2v) is 6.69. The molecule has 0 unspecified atom stereocenters. The van der Waals surface area contributed by atoms with Crippen LogP contribution in [0.4, 0.5) is 5.82 Å². The second kappa shape index (κ2) is 8.84. The average Bonchev–Trinajstić information content (AvgIpc) is 2.64. The Balaban J connectivity index is 1.77. The van der Waals surface area contributed by atoms with Gasteiger partial charge in [0.05, 0.1) is 0 Å². The van der Waals surface area contributed by atoms with Crippen LogP contribution in [0.5, 0.6) is 0 Å². The summed E-state index contributed by atoms with van der Waals surface area (Å²) in [7, 11) is 0. The molecule has 0 radical (unpaired) electrons. The van der Waals surface area contributed by atoms with Crippen LogP contribution in [0.15, 0.2) is 48.7 Å². The lowest BCUT2D eigenvalue weighted by Crippen LogP contribution is -2.33. The molecular weight excluding hydrogens is 294 g/mol. The summed E-state index contributed by atoms with van der Waals surface area (Å²) in [6, 6.07) is 15.6. The molecular formula is C21H29N3. The number of benzene rings is 1. The average molecular weight is 323 g/mol. The summed E-state index contributed by atoms with van der Waals surface area (Å²) < 4.78 is 0. The quantitative estimate of drug-likeness (QED) is 0.725. The molecule has 0 amide bonds. The highest BCUT2D eigenvalue weighted by atomic mass is 15.2. The van der Waals surface area contributed by atoms with E-state index in [1.165, 1.54) is 49.8 Å². The summed E-state index contributed by atoms with van der Waals surface area (Å²) >= 11 is 0. The minimum Gasteiger partial charge on any atom is -0.370 e. The predicted octanol–water partition coefficient (Wildman–Crippen LogP) is 5.02. The number of unbranched alkanes of at least 4 members (excludes halogenated alkanes) is 1. The van der Waals surface area contributed by atoms with Gasteiger partial charge in [0.15, 0.2) is 0 Å². The molecule has 1 saturated heterocycles. The van der Waals surface area contributed by atoms with Gasteiger partial charge in [-0.2, -0.15) is 0 Å². The molecule has 1 N–H and O–H groups in total. The van der Waals surface area contributed by atoms with Crippen LogP contribution >= 0.6 is 0 Å². The van der Waals surface area contributed by atoms with Crippen LogP contribution in [0.2, 0.25) is 0 Å². The lowest BCUT2D eigenvalue weighted by atomic mass is 9.95. The van der Waals surface area contributed by atoms with Crippen molar-refractivity contribution in [3.63, 3.8) is 0 Å². The molecule has 2 heterocycles. The van der Waals surface area contributed by atoms with Gasteiger partial charge >= 0.3 is 0 Å². The number of nitrogens with zero attached hydrogens (tertiary/aromatic N) is 2. The highest BCUT2D eigenvalue weighted by Gasteiger charge is 2.26. The summed E-state index contributed by atoms with van der Waals surface area (Å²) in [6.07, 6.45) is 8.12. The normalized spacial score (nSPS) is 18.5. The minimum absolute atomic E-state index is 0.469. The van der Waals surface area contributed by atoms with Crippen molar-refractivity contribution < 1.29 is 0 Å². The smallest absolute Gasteiger partial charge is 0.130 e. The van der Waals surface area contributed by atoms with E-state index in [1.807, 2.05) is 6.20 Å². The molecule has 0 aliphatic carbocycles. The van der Waals surface area contributed by atoms with Gasteiger partial charge in [0.2, 0.25) is 0 Å². The Morgan fingerprint density at radius 3 is 2.83 bits per heavy atom. The maximum absolute atomic E-state index is 4.63. The molecule has 128 valence electrons. The van der Waals surface area contributed by atoms with Gasteiger partial charge < -0.3 is 5.32 Å². The van der Waals surface area contributed by atoms with Crippen LogP contribution in [0.3, 0.4) is 0 Å². The lowest BCUT2D eigenvalue weighted by Gasteiger charge is -2.36. The summed E-state index contributed by atoms with van der Waals surface area (Å²) in [5.74, 6) is 1.08. The Kier molecular flexibility index (Phi) is 6.25. The van der Waals surface area contributed by atoms with Gasteiger partial charge in [-0.1, -0.05) is 56.2 Å². The Hall–Kier alpha value is -1.87. The van der Waals surface area contributed by atoms with Gasteiger partial charge in [-0.3, -0.25) is 4.90 Å². The summed E-state index contributed by atoms with van der Waals surface area (Å²) in [5, 5.41) is 3.56. The number of likely N-dealkylation sites (tertiary alicyclic amines) is 1. The zero-order valence-electron chi connectivity index (χ0n) is 14.7. The summed E-state index contributed by atoms with van der Waals surface area (Å²) in [4.78, 5) is 7.26. The Labute approximate surface area is 146 Å². The molecule has 1 atom stereocenters. The maximum atomic E-state index is 4.63. The van der Waals surface area contributed by atoms with Crippen molar-refractivity contribution >= 4 is 5.82 Å². The zero-order valence-corrected chi connectivity index (χ0v) is 14.7. The Morgan fingerprint density at radius 1 is 1.12 bits per heavy atom. The fourth-order valence-electron chi connectivity index (χ4n) is 3.57. The number of hydrogen-bond donors (Lipinski definition) is 1. The lowest BCUT2D eigenvalue weighted by molar-refractivity contribution is 0.140. The predicted molar refractivity (Wildman–Crippen MR) is 101 cm³/mol. The van der Waals surface area contributed by atoms with Crippen molar-refractivity contribution in [2.24, 2.45) is 0 Å². The largest absolute Gasteiger partial charge is 0.370 e. The van der Waals surface area contributed by atoms with E-state index < -0.39 is 0 Å². The molecule has 0 saturated carbocycles. The van der Waals surface area contributed by atoms with Crippen LogP contribution in [-0.4, -0.2) is 23.0 Å². The van der Waals surface area contributed by atoms with E-state index >= 15 is 0 Å². The fraction of sp³-hybridized carbons (Fsp3) is 0.476. The molecule has 1 aliphatic rings. The maximum Gasteiger partial charge on any atom is 0.130 e. The van der Waals surface area contributed by atoms with Gasteiger partial charge in [-0.25, -0.2) is 4.98 Å². The zero-order chi connectivity index (χ0) is 16.6. The first-order valence-electron chi connectivity index (χ1n) is 9.35. The van der Waals surface area contributed by atoms with E-state index in [0.29, 0.717) is 6.04 Å². The summed E-state index contributed by atoms with van der Waals surface area (Å²) in [6.45, 7) is 5.42. The van der Waals surface area contributed by atoms with Crippen molar-refractivity contribution in [1.29, 1.82) is 0 Å². The molecule has 0 bridgehead atoms. The molecule has 3 heteroatoms. The van der Waals surface area contributed by atoms with Gasteiger partial charge in [-0.15, -0.1) is 0 Å². The SMILES string of the molecule is CCCCNc1ncccc1[C@@H]1CCCCN1Cc1ccccc1. The first kappa shape index (κ1) is 17.0. The molecule has 3 rings (SSSR count). The topological polar surface area (TPSA) is 28.2 Å². The number of aromatic nitrogens is 1. The van der Waals surface area contributed by atoms with Crippen LogP contribution in [0.25, 0.3) is 0 Å². The van der Waals surface area contributed by atoms with E-state index in [4.69, 9.17) is 0 Å². The van der Waals surface area contributed by atoms with Gasteiger partial charge in [0.1, 0.15) is 5.82 Å². The Bertz CT molecular complexity index is 611. The van der Waals surface area contributed by atoms with Crippen LogP contribution < -0.4 is 5.32 Å². The van der Waals surface area contributed by atoms with E-state index in [9.17, 15) is 0 Å². The van der Waals surface area contributed by atoms with Crippen LogP contribution in [0.1, 0.15) is 56.2 Å². The van der Waals surface area contributed by atoms with Gasteiger partial charge in [0, 0.05) is 30.9 Å². The van der Waals surface area contributed by atoms with Gasteiger partial charge in [-0.05, 0) is 37.4 Å². The molecule has 1 aromatic carbocycles. The monoisotopic (exact) mass is 323 g/mol. The number of nitrogens with one attached hydrogen (secondary N) is 1. The molecule has 1 aromatic heterocycles. The number of hydrogen-bond acceptors (Lipinski definition) is 3. The van der Waals surface area contributed by atoms with Crippen molar-refractivity contribution in [3.8, 4) is 0 Å². The first-order valence-corrected chi connectivity index (χ1v) is 9.35. The molecule has 0 spiro atoms. The number of anilines is 1. The second-order valence-electron chi connectivity index (χ2n) is 6.69. The van der Waals surface area contributed by atoms with E-state index in [-0.39, 0.29) is 0 Å². The van der Waals surface area contributed by atoms with Crippen molar-refractivity contribution in [2.45, 2.75) is 51.6 Å². The van der Waals surface area contributed by atoms with Crippen molar-refractivity contribution in [3.05, 3.63) is 59.8 Å². The van der Waals surface area contributed by atoms with Crippen molar-refractivity contribution in [1.82, 2.24) is 9.88 Å². The highest BCUT2D eigenvalue weighted by molar-refractivity contribution is 5.46. The number of rotatable bonds is 7. The highest BCUT2D eigenvalue weighted by Crippen LogP contribution is 2.35. The molecule has 1 fully saturated rings. The van der Waals surface area contributed by atoms with E-state index in [0.717, 1.165) is 18.9 Å². The number of pyridine rings is 1. The van der Waals surface area contributed by atoms with Crippen molar-refractivity contribution in [2.75, 3.05) is 18.4 Å². The first-order chi connectivity index (χ1) is 11.9. The number of piperidine rings is 1. The fourth-order valence-corrected chi connectivity index (χ4v) is 3.57. The third kappa shape index (κ3) is 4.35. The van der Waals surface area contributed by atoms with E-state index in [1.54, 1.807) is 0 Å². The minimum atomic E-state index is 0.469. The molecule has 24 heavy (non-hydrogen) atoms. The third-order valence-electron chi connectivity index (χ3n) is 4.86. The molecule has 1 aliphatic heterocycles. The molecule has 3 nitrogen and oxygen atoms in total. The standard InChI is InChI=1S/C21H29N3/c1-2-3-14-22-21-19(12-9-15-23-21)20-13-7-8-16-24(20)17-18-10-5-4-6-11-18/h4-6,9-12,15,20H,2-3,7-8,13-14,16-17H2,1H3,(H,22,23)/t20-/m0/s1. The summed E-state index contributed by atoms with van der Waals surface area (Å²) in [5.41, 5.74) is 2.76. The van der Waals surface area contributed by atoms with E-state index in [2.05, 4.69) is 64.6 Å². The van der Waals surface area contributed by atoms with Crippen LogP contribution in [0, 0.1) is 0 Å². The van der Waals surface area contributed by atoms with Crippen LogP contribution in [-0.2, 0) is 6.54 Å². The molecule has 2 aromatic rings. The third-order valence-corrected chi connectivity index (χ3v) is 4.86. The Morgan fingerprint density at radius 2 is 2.00 bits per heavy atom.